The maximum Gasteiger partial charge on any atom is 0.341 e. The number of benzene rings is 5. The molecule has 8 rings (SSSR count). The Hall–Kier alpha value is -9.03. The van der Waals surface area contributed by atoms with Crippen LogP contribution >= 0.6 is 0 Å². The second-order valence-corrected chi connectivity index (χ2v) is 18.2. The van der Waals surface area contributed by atoms with Gasteiger partial charge < -0.3 is 59.9 Å². The lowest BCUT2D eigenvalue weighted by molar-refractivity contribution is -0.385. The topological polar surface area (TPSA) is 348 Å². The average molecular weight is 1140 g/mol. The SMILES string of the molecule is CN1CCN(c2ccc(N)cc2CO)CC1.CN1CCN(c2ccc([N+](=O)[O-])cc2CO)CC1.COC(=O)c1cc([N+](=O)[O-])ccc1F.COC(=O)c1cc([N+](=O)[O-])ccc1N1CCN(C)CC1.O=C(O)c1cc([N+](=O)[O-])ccc1F. The highest BCUT2D eigenvalue weighted by atomic mass is 19.1. The fourth-order valence-electron chi connectivity index (χ4n) is 8.17. The molecule has 0 spiro atoms. The number of nitrogen functional groups attached to an aromatic ring is 1. The van der Waals surface area contributed by atoms with Gasteiger partial charge in [-0.15, -0.1) is 0 Å². The van der Waals surface area contributed by atoms with Gasteiger partial charge >= 0.3 is 17.9 Å². The van der Waals surface area contributed by atoms with Crippen molar-refractivity contribution in [3.05, 3.63) is 171 Å². The number of halogens is 2. The predicted octanol–water partition coefficient (Wildman–Crippen LogP) is 5.44. The van der Waals surface area contributed by atoms with Crippen LogP contribution in [-0.4, -0.2) is 182 Å². The first-order valence-electron chi connectivity index (χ1n) is 24.7. The number of aromatic carboxylic acids is 1. The fraction of sp³-hybridized carbons (Fsp3) is 0.365. The molecule has 0 amide bonds. The molecule has 0 unspecified atom stereocenters. The minimum absolute atomic E-state index is 0.0249. The molecule has 3 aliphatic heterocycles. The van der Waals surface area contributed by atoms with E-state index in [4.69, 9.17) is 15.6 Å². The highest BCUT2D eigenvalue weighted by Gasteiger charge is 2.25. The number of ether oxygens (including phenoxy) is 2. The number of carboxylic acid groups (broad SMARTS) is 1. The number of nitrogens with zero attached hydrogens (tertiary/aromatic N) is 10. The highest BCUT2D eigenvalue weighted by molar-refractivity contribution is 5.96. The van der Waals surface area contributed by atoms with Gasteiger partial charge in [0.25, 0.3) is 22.7 Å². The molecule has 3 saturated heterocycles. The Morgan fingerprint density at radius 2 is 0.790 bits per heavy atom. The third-order valence-electron chi connectivity index (χ3n) is 12.8. The molecule has 0 radical (unpaired) electrons. The summed E-state index contributed by atoms with van der Waals surface area (Å²) in [6.45, 7) is 11.0. The molecule has 5 aromatic rings. The van der Waals surface area contributed by atoms with E-state index < -0.39 is 66.0 Å². The van der Waals surface area contributed by atoms with Crippen LogP contribution in [0.15, 0.2) is 91.0 Å². The van der Waals surface area contributed by atoms with Crippen molar-refractivity contribution in [2.75, 3.05) is 134 Å². The molecule has 3 aliphatic rings. The molecular weight excluding hydrogens is 1070 g/mol. The standard InChI is InChI=1S/C13H17N3O4.C12H17N3O3.C12H19N3O.C8H6FNO4.C7H4FNO4/c1-14-5-7-15(8-6-14)12-4-3-10(16(18)19)9-11(12)13(17)20-2;1-13-4-6-14(7-5-13)12-3-2-11(15(17)18)8-10(12)9-16;1-14-4-6-15(7-5-14)12-3-2-11(13)8-10(12)9-16;1-14-8(11)6-4-5(10(12)13)2-3-7(6)9;8-6-2-1-4(9(12)13)3-5(6)7(10)11/h3-4,9H,5-8H2,1-2H3;2-3,8,16H,4-7,9H2,1H3;2-3,8,16H,4-7,9,13H2,1H3;2-4H,1H3;1-3H,(H,10,11). The van der Waals surface area contributed by atoms with E-state index in [9.17, 15) is 73.8 Å². The number of hydrogen-bond donors (Lipinski definition) is 4. The number of hydrogen-bond acceptors (Lipinski definition) is 22. The second kappa shape index (κ2) is 30.9. The van der Waals surface area contributed by atoms with Crippen LogP contribution in [-0.2, 0) is 22.7 Å². The largest absolute Gasteiger partial charge is 0.478 e. The molecule has 0 aromatic heterocycles. The quantitative estimate of drug-likeness (QED) is 0.0523. The molecule has 27 nitrogen and oxygen atoms in total. The zero-order valence-corrected chi connectivity index (χ0v) is 45.0. The van der Waals surface area contributed by atoms with Crippen molar-refractivity contribution in [1.82, 2.24) is 14.7 Å². The molecule has 81 heavy (non-hydrogen) atoms. The van der Waals surface area contributed by atoms with Crippen molar-refractivity contribution < 1.29 is 67.7 Å². The summed E-state index contributed by atoms with van der Waals surface area (Å²) in [5.74, 6) is -4.85. The summed E-state index contributed by atoms with van der Waals surface area (Å²) in [6.07, 6.45) is 0. The van der Waals surface area contributed by atoms with E-state index in [0.717, 1.165) is 133 Å². The van der Waals surface area contributed by atoms with Crippen molar-refractivity contribution in [3.8, 4) is 0 Å². The zero-order chi connectivity index (χ0) is 60.1. The monoisotopic (exact) mass is 1140 g/mol. The van der Waals surface area contributed by atoms with Crippen LogP contribution in [0.1, 0.15) is 42.2 Å². The number of aliphatic hydroxyl groups excluding tert-OH is 2. The summed E-state index contributed by atoms with van der Waals surface area (Å²) in [6, 6.07) is 19.7. The molecule has 5 N–H and O–H groups in total. The van der Waals surface area contributed by atoms with E-state index in [1.165, 1.54) is 31.4 Å². The van der Waals surface area contributed by atoms with E-state index in [0.29, 0.717) is 23.0 Å². The van der Waals surface area contributed by atoms with Crippen LogP contribution in [0.5, 0.6) is 0 Å². The number of carbonyl (C=O) groups is 3. The molecular formula is C52H63F2N11O16. The molecule has 3 heterocycles. The molecule has 29 heteroatoms. The molecule has 5 aromatic carbocycles. The summed E-state index contributed by atoms with van der Waals surface area (Å²) in [5.41, 5.74) is 8.89. The number of nitro benzene ring substituents is 4. The maximum absolute atomic E-state index is 12.9. The lowest BCUT2D eigenvalue weighted by Gasteiger charge is -2.35. The second-order valence-electron chi connectivity index (χ2n) is 18.2. The van der Waals surface area contributed by atoms with Crippen LogP contribution in [0.3, 0.4) is 0 Å². The smallest absolute Gasteiger partial charge is 0.341 e. The van der Waals surface area contributed by atoms with Crippen LogP contribution in [0.4, 0.5) is 54.3 Å². The van der Waals surface area contributed by atoms with Gasteiger partial charge in [-0.3, -0.25) is 40.5 Å². The number of methoxy groups -OCH3 is 2. The van der Waals surface area contributed by atoms with Gasteiger partial charge in [-0.2, -0.15) is 0 Å². The van der Waals surface area contributed by atoms with Gasteiger partial charge in [0.15, 0.2) is 0 Å². The summed E-state index contributed by atoms with van der Waals surface area (Å²) >= 11 is 0. The van der Waals surface area contributed by atoms with Crippen LogP contribution in [0.2, 0.25) is 0 Å². The van der Waals surface area contributed by atoms with E-state index in [2.05, 4.69) is 48.2 Å². The summed E-state index contributed by atoms with van der Waals surface area (Å²) in [7, 11) is 8.58. The van der Waals surface area contributed by atoms with E-state index in [1.807, 2.05) is 25.2 Å². The molecule has 3 fully saturated rings. The molecule has 0 saturated carbocycles. The Kier molecular flexibility index (Phi) is 24.6. The van der Waals surface area contributed by atoms with Gasteiger partial charge in [-0.05, 0) is 63.6 Å². The Morgan fingerprint density at radius 3 is 1.17 bits per heavy atom. The lowest BCUT2D eigenvalue weighted by atomic mass is 10.1. The number of esters is 2. The third kappa shape index (κ3) is 18.8. The number of likely N-dealkylation sites (N-methyl/N-ethyl adjacent to an activating group) is 3. The Morgan fingerprint density at radius 1 is 0.481 bits per heavy atom. The van der Waals surface area contributed by atoms with Crippen molar-refractivity contribution >= 4 is 63.4 Å². The van der Waals surface area contributed by atoms with Gasteiger partial charge in [-0.1, -0.05) is 0 Å². The summed E-state index contributed by atoms with van der Waals surface area (Å²) in [5, 5.41) is 69.1. The van der Waals surface area contributed by atoms with Crippen LogP contribution in [0.25, 0.3) is 0 Å². The van der Waals surface area contributed by atoms with E-state index >= 15 is 0 Å². The first-order valence-corrected chi connectivity index (χ1v) is 24.7. The van der Waals surface area contributed by atoms with Crippen molar-refractivity contribution in [3.63, 3.8) is 0 Å². The Labute approximate surface area is 463 Å². The molecule has 436 valence electrons. The third-order valence-corrected chi connectivity index (χ3v) is 12.8. The molecule has 0 aliphatic carbocycles. The number of aliphatic hydroxyl groups is 2. The van der Waals surface area contributed by atoms with Gasteiger partial charge in [0.2, 0.25) is 0 Å². The fourth-order valence-corrected chi connectivity index (χ4v) is 8.17. The van der Waals surface area contributed by atoms with E-state index in [-0.39, 0.29) is 35.8 Å². The van der Waals surface area contributed by atoms with Crippen LogP contribution < -0.4 is 20.4 Å². The number of nitro groups is 4. The van der Waals surface area contributed by atoms with Gasteiger partial charge in [0.1, 0.15) is 22.8 Å². The predicted molar refractivity (Wildman–Crippen MR) is 294 cm³/mol. The number of carbonyl (C=O) groups excluding carboxylic acids is 2. The van der Waals surface area contributed by atoms with Crippen molar-refractivity contribution in [2.45, 2.75) is 13.2 Å². The van der Waals surface area contributed by atoms with Crippen LogP contribution in [0, 0.1) is 52.1 Å². The number of non-ortho nitro benzene ring substituents is 4. The molecule has 0 atom stereocenters. The average Bonchev–Trinajstić information content (AvgIpc) is 3.48. The number of rotatable bonds is 12. The number of anilines is 4. The Bertz CT molecular complexity index is 3020. The summed E-state index contributed by atoms with van der Waals surface area (Å²) < 4.78 is 34.6. The zero-order valence-electron chi connectivity index (χ0n) is 45.0. The van der Waals surface area contributed by atoms with Crippen molar-refractivity contribution in [2.24, 2.45) is 0 Å². The van der Waals surface area contributed by atoms with Gasteiger partial charge in [0.05, 0.1) is 58.4 Å². The lowest BCUT2D eigenvalue weighted by Crippen LogP contribution is -2.45. The molecule has 0 bridgehead atoms. The minimum Gasteiger partial charge on any atom is -0.478 e. The normalized spacial score (nSPS) is 14.4. The first kappa shape index (κ1) is 64.5. The summed E-state index contributed by atoms with van der Waals surface area (Å²) in [4.78, 5) is 85.9. The highest BCUT2D eigenvalue weighted by Crippen LogP contribution is 2.29. The Balaban J connectivity index is 0.000000220. The maximum atomic E-state index is 12.9. The number of carboxylic acids is 1. The number of nitrogens with two attached hydrogens (primary N) is 1. The van der Waals surface area contributed by atoms with E-state index in [1.54, 1.807) is 12.1 Å². The van der Waals surface area contributed by atoms with Gasteiger partial charge in [0, 0.05) is 155 Å². The van der Waals surface area contributed by atoms with Crippen molar-refractivity contribution in [1.29, 1.82) is 0 Å². The first-order chi connectivity index (χ1) is 38.4. The minimum atomic E-state index is -1.53. The van der Waals surface area contributed by atoms with Gasteiger partial charge in [-0.25, -0.2) is 23.2 Å². The number of piperazine rings is 3.